The number of aromatic nitrogens is 2. The number of ether oxygens (including phenoxy) is 2. The molecule has 0 spiro atoms. The molecule has 0 aromatic carbocycles. The summed E-state index contributed by atoms with van der Waals surface area (Å²) in [7, 11) is -2.01. The van der Waals surface area contributed by atoms with Crippen LogP contribution in [0, 0.1) is 11.3 Å². The maximum Gasteiger partial charge on any atom is 0.508 e. The standard InChI is InChI=1S/C23H36N4O8P2/c1-7-32-36(30)15-8-10-18-20(35-37(33-14-9-12-24)27(16(2)3)17(4)5)21(31-6)22(34-18)26-13-11-19(28)25-23(26)29/h11,13,16-17,21-22H,7-10,14-15H2,1-6H3/p+1/t21?,22-,37?/m1/s1. The van der Waals surface area contributed by atoms with Crippen molar-refractivity contribution < 1.29 is 27.6 Å². The van der Waals surface area contributed by atoms with Gasteiger partial charge in [0.2, 0.25) is 6.23 Å². The van der Waals surface area contributed by atoms with Crippen LogP contribution in [0.3, 0.4) is 0 Å². The minimum Gasteiger partial charge on any atom is -0.467 e. The zero-order valence-electron chi connectivity index (χ0n) is 22.2. The first-order valence-electron chi connectivity index (χ1n) is 12.2. The third kappa shape index (κ3) is 8.71. The van der Waals surface area contributed by atoms with Gasteiger partial charge in [0, 0.05) is 44.3 Å². The zero-order valence-corrected chi connectivity index (χ0v) is 24.0. The predicted molar refractivity (Wildman–Crippen MR) is 139 cm³/mol. The largest absolute Gasteiger partial charge is 0.508 e. The van der Waals surface area contributed by atoms with E-state index in [-0.39, 0.29) is 25.1 Å². The van der Waals surface area contributed by atoms with Crippen LogP contribution in [0.5, 0.6) is 0 Å². The number of aromatic amines is 1. The Morgan fingerprint density at radius 2 is 2.00 bits per heavy atom. The van der Waals surface area contributed by atoms with Crippen LogP contribution in [0.25, 0.3) is 0 Å². The van der Waals surface area contributed by atoms with Crippen molar-refractivity contribution in [2.24, 2.45) is 0 Å². The molecule has 12 nitrogen and oxygen atoms in total. The van der Waals surface area contributed by atoms with Crippen molar-refractivity contribution in [3.05, 3.63) is 44.6 Å². The van der Waals surface area contributed by atoms with Gasteiger partial charge in [0.15, 0.2) is 18.0 Å². The molecule has 1 N–H and O–H groups in total. The monoisotopic (exact) mass is 559 g/mol. The van der Waals surface area contributed by atoms with E-state index in [0.717, 1.165) is 0 Å². The first-order chi connectivity index (χ1) is 17.6. The van der Waals surface area contributed by atoms with Crippen LogP contribution in [0.2, 0.25) is 0 Å². The third-order valence-electron chi connectivity index (χ3n) is 5.29. The fourth-order valence-electron chi connectivity index (χ4n) is 3.84. The van der Waals surface area contributed by atoms with E-state index in [1.807, 2.05) is 27.7 Å². The van der Waals surface area contributed by atoms with Gasteiger partial charge in [-0.05, 0) is 39.2 Å². The molecule has 3 unspecified atom stereocenters. The summed E-state index contributed by atoms with van der Waals surface area (Å²) < 4.78 is 44.9. The number of nitrogens with one attached hydrogen (secondary N) is 1. The highest BCUT2D eigenvalue weighted by Crippen LogP contribution is 2.51. The van der Waals surface area contributed by atoms with E-state index in [9.17, 15) is 14.2 Å². The van der Waals surface area contributed by atoms with E-state index < -0.39 is 40.1 Å². The van der Waals surface area contributed by atoms with E-state index in [0.29, 0.717) is 37.1 Å². The molecule has 0 fully saturated rings. The summed E-state index contributed by atoms with van der Waals surface area (Å²) in [5, 5.41) is 9.01. The summed E-state index contributed by atoms with van der Waals surface area (Å²) in [6.45, 7) is 10.4. The van der Waals surface area contributed by atoms with Gasteiger partial charge in [-0.25, -0.2) is 9.46 Å². The van der Waals surface area contributed by atoms with Crippen molar-refractivity contribution in [1.82, 2.24) is 14.2 Å². The number of rotatable bonds is 16. The lowest BCUT2D eigenvalue weighted by atomic mass is 10.2. The van der Waals surface area contributed by atoms with Gasteiger partial charge in [0.05, 0.1) is 25.7 Å². The lowest BCUT2D eigenvalue weighted by Crippen LogP contribution is -2.37. The van der Waals surface area contributed by atoms with Crippen molar-refractivity contribution in [3.8, 4) is 6.07 Å². The minimum atomic E-state index is -1.80. The minimum absolute atomic E-state index is 0.0633. The van der Waals surface area contributed by atoms with Crippen molar-refractivity contribution in [2.75, 3.05) is 26.5 Å². The highest BCUT2D eigenvalue weighted by molar-refractivity contribution is 7.44. The average Bonchev–Trinajstić information content (AvgIpc) is 3.15. The second-order valence-corrected chi connectivity index (χ2v) is 11.4. The van der Waals surface area contributed by atoms with Gasteiger partial charge >= 0.3 is 22.2 Å². The molecule has 37 heavy (non-hydrogen) atoms. The van der Waals surface area contributed by atoms with Crippen LogP contribution >= 0.6 is 16.6 Å². The molecule has 1 aliphatic rings. The first kappa shape index (κ1) is 31.1. The van der Waals surface area contributed by atoms with E-state index in [2.05, 4.69) is 15.7 Å². The maximum absolute atomic E-state index is 12.6. The first-order valence-corrected chi connectivity index (χ1v) is 14.7. The maximum atomic E-state index is 12.6. The van der Waals surface area contributed by atoms with Gasteiger partial charge in [-0.1, -0.05) is 0 Å². The Kier molecular flexibility index (Phi) is 12.9. The highest BCUT2D eigenvalue weighted by Gasteiger charge is 2.43. The van der Waals surface area contributed by atoms with Gasteiger partial charge in [0.25, 0.3) is 5.56 Å². The molecule has 2 rings (SSSR count). The summed E-state index contributed by atoms with van der Waals surface area (Å²) in [5.41, 5.74) is -1.19. The number of hydrogen-bond donors (Lipinski definition) is 1. The molecule has 4 atom stereocenters. The molecule has 14 heteroatoms. The zero-order chi connectivity index (χ0) is 27.5. The number of methoxy groups -OCH3 is 1. The van der Waals surface area contributed by atoms with Crippen LogP contribution in [-0.2, 0) is 27.6 Å². The van der Waals surface area contributed by atoms with Gasteiger partial charge in [0.1, 0.15) is 5.76 Å². The molecule has 1 aliphatic heterocycles. The molecule has 0 saturated heterocycles. The molecular weight excluding hydrogens is 522 g/mol. The Labute approximate surface area is 219 Å². The van der Waals surface area contributed by atoms with Crippen molar-refractivity contribution >= 4 is 16.6 Å². The summed E-state index contributed by atoms with van der Waals surface area (Å²) in [4.78, 5) is 26.4. The van der Waals surface area contributed by atoms with E-state index >= 15 is 0 Å². The van der Waals surface area contributed by atoms with Gasteiger partial charge in [-0.3, -0.25) is 14.3 Å². The topological polar surface area (TPSA) is 145 Å². The summed E-state index contributed by atoms with van der Waals surface area (Å²) in [5.74, 6) is 0.783. The number of nitrogens with zero attached hydrogens (tertiary/aromatic N) is 3. The van der Waals surface area contributed by atoms with Crippen molar-refractivity contribution in [1.29, 1.82) is 5.26 Å². The Bertz CT molecular complexity index is 1070. The Morgan fingerprint density at radius 3 is 2.57 bits per heavy atom. The number of allylic oxidation sites excluding steroid dienone is 1. The average molecular weight is 560 g/mol. The lowest BCUT2D eigenvalue weighted by Gasteiger charge is -2.36. The normalized spacial score (nSPS) is 18.9. The highest BCUT2D eigenvalue weighted by atomic mass is 31.2. The molecule has 0 bridgehead atoms. The molecule has 0 aliphatic carbocycles. The van der Waals surface area contributed by atoms with Crippen molar-refractivity contribution in [3.63, 3.8) is 0 Å². The molecule has 206 valence electrons. The Balaban J connectivity index is 2.45. The number of nitriles is 1. The molecule has 1 aromatic rings. The van der Waals surface area contributed by atoms with Gasteiger partial charge < -0.3 is 18.5 Å². The van der Waals surface area contributed by atoms with Crippen LogP contribution in [0.15, 0.2) is 33.4 Å². The fraction of sp³-hybridized carbons (Fsp3) is 0.696. The third-order valence-corrected chi connectivity index (χ3v) is 8.58. The molecule has 0 amide bonds. The summed E-state index contributed by atoms with van der Waals surface area (Å²) in [6, 6.07) is 3.42. The van der Waals surface area contributed by atoms with Crippen molar-refractivity contribution in [2.45, 2.75) is 78.3 Å². The fourth-order valence-corrected chi connectivity index (χ4v) is 6.33. The summed E-state index contributed by atoms with van der Waals surface area (Å²) >= 11 is 0. The van der Waals surface area contributed by atoms with E-state index in [1.165, 1.54) is 23.9 Å². The predicted octanol–water partition coefficient (Wildman–Crippen LogP) is 4.14. The van der Waals surface area contributed by atoms with Crippen LogP contribution in [0.1, 0.15) is 60.1 Å². The Hall–Kier alpha value is -2.12. The smallest absolute Gasteiger partial charge is 0.467 e. The number of H-pyrrole nitrogens is 1. The van der Waals surface area contributed by atoms with Crippen LogP contribution < -0.4 is 11.2 Å². The molecule has 0 saturated carbocycles. The van der Waals surface area contributed by atoms with E-state index in [1.54, 1.807) is 6.92 Å². The molecular formula is C23H37N4O8P2+. The SMILES string of the molecule is CCO[P+](=O)CCCC1=C(OP(OCCC#N)N(C(C)C)C(C)C)C(OC)[C@H](n2ccc(=O)[nH]c2=O)O1. The van der Waals surface area contributed by atoms with Gasteiger partial charge in [-0.15, -0.1) is 4.52 Å². The molecule has 1 aromatic heterocycles. The second kappa shape index (κ2) is 15.3. The lowest BCUT2D eigenvalue weighted by molar-refractivity contribution is -0.0340. The molecule has 2 heterocycles. The van der Waals surface area contributed by atoms with E-state index in [4.69, 9.17) is 28.3 Å². The second-order valence-electron chi connectivity index (χ2n) is 8.69. The Morgan fingerprint density at radius 1 is 1.30 bits per heavy atom. The number of hydrogen-bond acceptors (Lipinski definition) is 10. The van der Waals surface area contributed by atoms with Crippen LogP contribution in [0.4, 0.5) is 0 Å². The molecule has 0 radical (unpaired) electrons. The van der Waals surface area contributed by atoms with Crippen LogP contribution in [-0.4, -0.2) is 58.9 Å². The summed E-state index contributed by atoms with van der Waals surface area (Å²) in [6.07, 6.45) is 0.914. The quantitative estimate of drug-likeness (QED) is 0.232. The van der Waals surface area contributed by atoms with Gasteiger partial charge in [-0.2, -0.15) is 5.26 Å².